The van der Waals surface area contributed by atoms with Crippen molar-refractivity contribution >= 4 is 87.0 Å². The van der Waals surface area contributed by atoms with Crippen molar-refractivity contribution in [3.05, 3.63) is 211 Å². The maximum atomic E-state index is 11.2. The summed E-state index contributed by atoms with van der Waals surface area (Å²) < 4.78 is 6.70. The van der Waals surface area contributed by atoms with E-state index < -0.39 is 0 Å². The number of nitriles is 2. The van der Waals surface area contributed by atoms with E-state index in [9.17, 15) is 10.5 Å². The van der Waals surface area contributed by atoms with Crippen molar-refractivity contribution in [1.29, 1.82) is 10.5 Å². The molecule has 0 aliphatic rings. The number of para-hydroxylation sites is 2. The van der Waals surface area contributed by atoms with Crippen molar-refractivity contribution in [2.75, 3.05) is 0 Å². The second kappa shape index (κ2) is 13.3. The van der Waals surface area contributed by atoms with Gasteiger partial charge in [0.15, 0.2) is 0 Å². The van der Waals surface area contributed by atoms with Crippen LogP contribution >= 0.6 is 0 Å². The molecule has 0 N–H and O–H groups in total. The van der Waals surface area contributed by atoms with Gasteiger partial charge in [0.05, 0.1) is 55.6 Å². The van der Waals surface area contributed by atoms with Gasteiger partial charge < -0.3 is 13.7 Å². The van der Waals surface area contributed by atoms with Gasteiger partial charge in [-0.25, -0.2) is 0 Å². The highest BCUT2D eigenvalue weighted by Crippen LogP contribution is 2.43. The first kappa shape index (κ1) is 34.9. The molecule has 0 unspecified atom stereocenters. The van der Waals surface area contributed by atoms with Crippen LogP contribution in [0.4, 0.5) is 0 Å². The summed E-state index contributed by atoms with van der Waals surface area (Å²) in [6.45, 7) is 0. The normalized spacial score (nSPS) is 11.8. The summed E-state index contributed by atoms with van der Waals surface area (Å²) >= 11 is 0. The maximum Gasteiger partial charge on any atom is 0.101 e. The van der Waals surface area contributed by atoms with E-state index in [4.69, 9.17) is 0 Å². The van der Waals surface area contributed by atoms with E-state index in [1.165, 1.54) is 10.8 Å². The highest BCUT2D eigenvalue weighted by atomic mass is 15.0. The molecule has 0 fully saturated rings. The molecular weight excluding hydrogens is 767 g/mol. The van der Waals surface area contributed by atoms with Gasteiger partial charge in [-0.05, 0) is 99.4 Å². The van der Waals surface area contributed by atoms with Gasteiger partial charge in [0, 0.05) is 38.0 Å². The lowest BCUT2D eigenvalue weighted by molar-refractivity contribution is 1.12. The number of benzene rings is 10. The number of nitrogens with zero attached hydrogens (tertiary/aromatic N) is 5. The van der Waals surface area contributed by atoms with Crippen LogP contribution in [0.2, 0.25) is 0 Å². The van der Waals surface area contributed by atoms with Crippen LogP contribution in [0, 0.1) is 22.7 Å². The van der Waals surface area contributed by atoms with Gasteiger partial charge in [-0.3, -0.25) is 0 Å². The Morgan fingerprint density at radius 2 is 0.746 bits per heavy atom. The first-order chi connectivity index (χ1) is 31.2. The molecule has 0 saturated heterocycles. The number of hydrogen-bond acceptors (Lipinski definition) is 2. The largest absolute Gasteiger partial charge is 0.309 e. The van der Waals surface area contributed by atoms with Gasteiger partial charge in [0.2, 0.25) is 0 Å². The molecule has 3 aromatic heterocycles. The second-order valence-corrected chi connectivity index (χ2v) is 16.3. The summed E-state index contributed by atoms with van der Waals surface area (Å²) in [7, 11) is 0. The van der Waals surface area contributed by atoms with Crippen molar-refractivity contribution in [2.45, 2.75) is 0 Å². The SMILES string of the molecule is N#Cc1cc(-n2c3ccc(-n4c5ccccc5c5ccccc54)cc3c3c4ccccc4ccc32)c(C#N)cc1-n1c2ccc(-c3ccccc3)cc2c2c3ccccc3ccc21. The lowest BCUT2D eigenvalue weighted by atomic mass is 10.0. The van der Waals surface area contributed by atoms with E-state index in [2.05, 4.69) is 208 Å². The molecule has 3 heterocycles. The van der Waals surface area contributed by atoms with Crippen LogP contribution < -0.4 is 0 Å². The van der Waals surface area contributed by atoms with Crippen molar-refractivity contribution in [2.24, 2.45) is 0 Å². The lowest BCUT2D eigenvalue weighted by Gasteiger charge is -2.16. The van der Waals surface area contributed by atoms with Crippen molar-refractivity contribution in [3.8, 4) is 40.3 Å². The average Bonchev–Trinajstić information content (AvgIpc) is 3.99. The van der Waals surface area contributed by atoms with Crippen molar-refractivity contribution in [3.63, 3.8) is 0 Å². The molecule has 0 aliphatic carbocycles. The Labute approximate surface area is 361 Å². The Bertz CT molecular complexity index is 4110. The molecule has 0 spiro atoms. The van der Waals surface area contributed by atoms with E-state index in [-0.39, 0.29) is 0 Å². The van der Waals surface area contributed by atoms with Gasteiger partial charge in [0.25, 0.3) is 0 Å². The fraction of sp³-hybridized carbons (Fsp3) is 0. The summed E-state index contributed by atoms with van der Waals surface area (Å²) in [6.07, 6.45) is 0. The minimum atomic E-state index is 0.471. The molecule has 13 rings (SSSR count). The Morgan fingerprint density at radius 3 is 1.30 bits per heavy atom. The third kappa shape index (κ3) is 4.97. The monoisotopic (exact) mass is 799 g/mol. The Kier molecular flexibility index (Phi) is 7.37. The molecule has 13 aromatic rings. The van der Waals surface area contributed by atoms with Crippen LogP contribution in [0.15, 0.2) is 200 Å². The maximum absolute atomic E-state index is 11.2. The molecule has 290 valence electrons. The molecule has 0 radical (unpaired) electrons. The zero-order chi connectivity index (χ0) is 41.8. The number of aromatic nitrogens is 3. The van der Waals surface area contributed by atoms with Crippen molar-refractivity contribution in [1.82, 2.24) is 13.7 Å². The van der Waals surface area contributed by atoms with E-state index in [0.717, 1.165) is 93.0 Å². The highest BCUT2D eigenvalue weighted by molar-refractivity contribution is 6.23. The van der Waals surface area contributed by atoms with Crippen LogP contribution in [0.3, 0.4) is 0 Å². The Balaban J connectivity index is 1.09. The first-order valence-corrected chi connectivity index (χ1v) is 21.1. The predicted molar refractivity (Wildman–Crippen MR) is 259 cm³/mol. The Hall–Kier alpha value is -8.90. The van der Waals surface area contributed by atoms with E-state index >= 15 is 0 Å². The van der Waals surface area contributed by atoms with Gasteiger partial charge in [-0.15, -0.1) is 0 Å². The molecule has 0 atom stereocenters. The quantitative estimate of drug-likeness (QED) is 0.178. The summed E-state index contributed by atoms with van der Waals surface area (Å²) in [6, 6.07) is 75.3. The van der Waals surface area contributed by atoms with Crippen LogP contribution in [0.5, 0.6) is 0 Å². The first-order valence-electron chi connectivity index (χ1n) is 21.1. The van der Waals surface area contributed by atoms with E-state index in [0.29, 0.717) is 22.5 Å². The predicted octanol–water partition coefficient (Wildman–Crippen LogP) is 14.7. The fourth-order valence-corrected chi connectivity index (χ4v) is 10.4. The van der Waals surface area contributed by atoms with Crippen LogP contribution in [0.25, 0.3) is 115 Å². The smallest absolute Gasteiger partial charge is 0.101 e. The molecule has 63 heavy (non-hydrogen) atoms. The molecule has 5 heteroatoms. The molecule has 0 bridgehead atoms. The standard InChI is InChI=1S/C58H33N5/c59-34-40-32-56(41(35-60)31-55(40)62-51-26-24-39(36-12-2-1-3-13-36)30-47(51)57-43-16-6-4-14-37(43)22-27-53(57)62)63-52-29-25-42(33-48(52)58-44-17-7-5-15-38(44)23-28-54(58)63)61-49-20-10-8-18-45(49)46-19-9-11-21-50(46)61/h1-33H. The lowest BCUT2D eigenvalue weighted by Crippen LogP contribution is -2.04. The molecule has 10 aromatic carbocycles. The fourth-order valence-electron chi connectivity index (χ4n) is 10.4. The molecule has 5 nitrogen and oxygen atoms in total. The summed E-state index contributed by atoms with van der Waals surface area (Å²) in [5, 5.41) is 33.6. The second-order valence-electron chi connectivity index (χ2n) is 16.3. The highest BCUT2D eigenvalue weighted by Gasteiger charge is 2.24. The third-order valence-electron chi connectivity index (χ3n) is 13.1. The number of fused-ring (bicyclic) bond motifs is 13. The topological polar surface area (TPSA) is 62.4 Å². The van der Waals surface area contributed by atoms with Crippen LogP contribution in [-0.4, -0.2) is 13.7 Å². The Morgan fingerprint density at radius 1 is 0.302 bits per heavy atom. The van der Waals surface area contributed by atoms with E-state index in [1.807, 2.05) is 18.2 Å². The van der Waals surface area contributed by atoms with Crippen LogP contribution in [-0.2, 0) is 0 Å². The molecule has 0 amide bonds. The minimum absolute atomic E-state index is 0.471. The molecular formula is C58H33N5. The summed E-state index contributed by atoms with van der Waals surface area (Å²) in [4.78, 5) is 0. The van der Waals surface area contributed by atoms with Crippen LogP contribution in [0.1, 0.15) is 11.1 Å². The summed E-state index contributed by atoms with van der Waals surface area (Å²) in [5.74, 6) is 0. The number of rotatable bonds is 4. The van der Waals surface area contributed by atoms with Gasteiger partial charge in [-0.1, -0.05) is 133 Å². The van der Waals surface area contributed by atoms with Gasteiger partial charge in [-0.2, -0.15) is 10.5 Å². The molecule has 0 aliphatic heterocycles. The van der Waals surface area contributed by atoms with Crippen molar-refractivity contribution < 1.29 is 0 Å². The average molecular weight is 800 g/mol. The minimum Gasteiger partial charge on any atom is -0.309 e. The molecule has 0 saturated carbocycles. The number of hydrogen-bond donors (Lipinski definition) is 0. The van der Waals surface area contributed by atoms with E-state index in [1.54, 1.807) is 0 Å². The zero-order valence-electron chi connectivity index (χ0n) is 33.8. The third-order valence-corrected chi connectivity index (χ3v) is 13.1. The van der Waals surface area contributed by atoms with Gasteiger partial charge in [0.1, 0.15) is 12.1 Å². The van der Waals surface area contributed by atoms with Gasteiger partial charge >= 0.3 is 0 Å². The summed E-state index contributed by atoms with van der Waals surface area (Å²) in [5.41, 5.74) is 11.7. The zero-order valence-corrected chi connectivity index (χ0v) is 33.8.